The summed E-state index contributed by atoms with van der Waals surface area (Å²) in [4.78, 5) is 27.9. The Hall–Kier alpha value is -3.34. The van der Waals surface area contributed by atoms with Gasteiger partial charge in [0.25, 0.3) is 5.79 Å². The minimum Gasteiger partial charge on any atom is -0.414 e. The number of carbonyl (C=O) groups is 2. The quantitative estimate of drug-likeness (QED) is 0.362. The molecule has 2 aromatic carbocycles. The number of hydrogen-bond acceptors (Lipinski definition) is 5. The third-order valence-corrected chi connectivity index (χ3v) is 6.26. The molecular weight excluding hydrogens is 402 g/mol. The van der Waals surface area contributed by atoms with Crippen LogP contribution in [0.5, 0.6) is 0 Å². The predicted octanol–water partition coefficient (Wildman–Crippen LogP) is 5.37. The van der Waals surface area contributed by atoms with Gasteiger partial charge in [0.2, 0.25) is 0 Å². The molecule has 0 aromatic heterocycles. The molecule has 32 heavy (non-hydrogen) atoms. The zero-order valence-electron chi connectivity index (χ0n) is 19.1. The summed E-state index contributed by atoms with van der Waals surface area (Å²) in [7, 11) is 0. The molecular formula is C27H29NO4. The Bertz CT molecular complexity index is 1080. The van der Waals surface area contributed by atoms with Crippen molar-refractivity contribution in [3.8, 4) is 0 Å². The van der Waals surface area contributed by atoms with Gasteiger partial charge in [-0.05, 0) is 30.2 Å². The van der Waals surface area contributed by atoms with Crippen LogP contribution in [0.15, 0.2) is 78.0 Å². The van der Waals surface area contributed by atoms with E-state index < -0.39 is 17.7 Å². The molecule has 2 aliphatic rings. The lowest BCUT2D eigenvalue weighted by Crippen LogP contribution is -2.42. The lowest BCUT2D eigenvalue weighted by atomic mass is 9.83. The number of ether oxygens (including phenoxy) is 2. The van der Waals surface area contributed by atoms with E-state index >= 15 is 0 Å². The summed E-state index contributed by atoms with van der Waals surface area (Å²) < 4.78 is 11.1. The summed E-state index contributed by atoms with van der Waals surface area (Å²) >= 11 is 0. The van der Waals surface area contributed by atoms with Gasteiger partial charge >= 0.3 is 11.9 Å². The topological polar surface area (TPSA) is 55.8 Å². The molecule has 2 aliphatic heterocycles. The van der Waals surface area contributed by atoms with Crippen molar-refractivity contribution in [1.29, 1.82) is 0 Å². The van der Waals surface area contributed by atoms with Crippen molar-refractivity contribution in [2.45, 2.75) is 51.7 Å². The normalized spacial score (nSPS) is 23.1. The van der Waals surface area contributed by atoms with E-state index in [-0.39, 0.29) is 11.0 Å². The fourth-order valence-electron chi connectivity index (χ4n) is 4.42. The van der Waals surface area contributed by atoms with E-state index in [1.54, 1.807) is 19.1 Å². The zero-order valence-corrected chi connectivity index (χ0v) is 19.1. The van der Waals surface area contributed by atoms with Crippen LogP contribution in [0.4, 0.5) is 5.69 Å². The first-order valence-electron chi connectivity index (χ1n) is 11.1. The second kappa shape index (κ2) is 8.30. The Morgan fingerprint density at radius 1 is 0.875 bits per heavy atom. The maximum atomic E-state index is 12.8. The van der Waals surface area contributed by atoms with Crippen LogP contribution in [0.1, 0.15) is 51.7 Å². The Morgan fingerprint density at radius 3 is 2.16 bits per heavy atom. The number of hydrogen-bond donors (Lipinski definition) is 0. The van der Waals surface area contributed by atoms with Crippen LogP contribution in [0.3, 0.4) is 0 Å². The van der Waals surface area contributed by atoms with Gasteiger partial charge in [0, 0.05) is 35.8 Å². The molecule has 0 amide bonds. The Balaban J connectivity index is 1.67. The number of rotatable bonds is 5. The van der Waals surface area contributed by atoms with E-state index in [4.69, 9.17) is 9.47 Å². The number of para-hydroxylation sites is 1. The van der Waals surface area contributed by atoms with Gasteiger partial charge in [0.05, 0.1) is 0 Å². The number of cyclic esters (lactones) is 2. The van der Waals surface area contributed by atoms with E-state index in [1.807, 2.05) is 36.4 Å². The minimum absolute atomic E-state index is 0.104. The van der Waals surface area contributed by atoms with Gasteiger partial charge in [0.15, 0.2) is 0 Å². The standard InChI is InChI=1S/C27H29NO4/c1-5-6-18-28-22-15-11-10-14-21(22)26(2,3)23(28)17-16-20-24(29)31-27(4,32-25(20)30)19-12-8-7-9-13-19/h7-17H,5-6,18H2,1-4H3/b20-16?,23-17+. The smallest absolute Gasteiger partial charge is 0.349 e. The monoisotopic (exact) mass is 431 g/mol. The molecule has 0 N–H and O–H groups in total. The first-order valence-corrected chi connectivity index (χ1v) is 11.1. The van der Waals surface area contributed by atoms with E-state index in [9.17, 15) is 9.59 Å². The minimum atomic E-state index is -1.43. The molecule has 0 atom stereocenters. The summed E-state index contributed by atoms with van der Waals surface area (Å²) in [6, 6.07) is 17.3. The van der Waals surface area contributed by atoms with Crippen LogP contribution in [0.25, 0.3) is 0 Å². The summed E-state index contributed by atoms with van der Waals surface area (Å²) in [5, 5.41) is 0. The fourth-order valence-corrected chi connectivity index (χ4v) is 4.42. The molecule has 1 saturated heterocycles. The number of benzene rings is 2. The average Bonchev–Trinajstić information content (AvgIpc) is 2.99. The molecule has 2 aromatic rings. The second-order valence-electron chi connectivity index (χ2n) is 8.87. The highest BCUT2D eigenvalue weighted by Gasteiger charge is 2.44. The molecule has 0 bridgehead atoms. The van der Waals surface area contributed by atoms with Crippen molar-refractivity contribution in [2.24, 2.45) is 0 Å². The van der Waals surface area contributed by atoms with Crippen molar-refractivity contribution in [3.63, 3.8) is 0 Å². The number of fused-ring (bicyclic) bond motifs is 1. The molecule has 0 spiro atoms. The number of nitrogens with zero attached hydrogens (tertiary/aromatic N) is 1. The second-order valence-corrected chi connectivity index (χ2v) is 8.87. The van der Waals surface area contributed by atoms with Gasteiger partial charge in [-0.1, -0.05) is 75.7 Å². The van der Waals surface area contributed by atoms with Crippen molar-refractivity contribution in [2.75, 3.05) is 11.4 Å². The van der Waals surface area contributed by atoms with E-state index in [0.717, 1.165) is 25.1 Å². The summed E-state index contributed by atoms with van der Waals surface area (Å²) in [5.74, 6) is -2.80. The molecule has 4 rings (SSSR count). The number of esters is 2. The van der Waals surface area contributed by atoms with E-state index in [0.29, 0.717) is 5.56 Å². The highest BCUT2D eigenvalue weighted by molar-refractivity contribution is 6.15. The van der Waals surface area contributed by atoms with Gasteiger partial charge in [-0.25, -0.2) is 9.59 Å². The van der Waals surface area contributed by atoms with Crippen molar-refractivity contribution >= 4 is 17.6 Å². The lowest BCUT2D eigenvalue weighted by molar-refractivity contribution is -0.234. The Morgan fingerprint density at radius 2 is 1.50 bits per heavy atom. The highest BCUT2D eigenvalue weighted by Crippen LogP contribution is 2.47. The van der Waals surface area contributed by atoms with Crippen LogP contribution in [0.2, 0.25) is 0 Å². The molecule has 0 radical (unpaired) electrons. The number of unbranched alkanes of at least 4 members (excludes halogenated alkanes) is 1. The summed E-state index contributed by atoms with van der Waals surface area (Å²) in [6.07, 6.45) is 5.51. The van der Waals surface area contributed by atoms with Gasteiger partial charge in [0.1, 0.15) is 5.57 Å². The van der Waals surface area contributed by atoms with Crippen LogP contribution >= 0.6 is 0 Å². The number of carbonyl (C=O) groups excluding carboxylic acids is 2. The number of anilines is 1. The van der Waals surface area contributed by atoms with Crippen LogP contribution < -0.4 is 4.90 Å². The van der Waals surface area contributed by atoms with Crippen LogP contribution in [-0.2, 0) is 30.3 Å². The highest BCUT2D eigenvalue weighted by atomic mass is 16.7. The molecule has 1 fully saturated rings. The Labute approximate surface area is 189 Å². The van der Waals surface area contributed by atoms with Crippen molar-refractivity contribution in [1.82, 2.24) is 0 Å². The molecule has 5 nitrogen and oxygen atoms in total. The lowest BCUT2D eigenvalue weighted by Gasteiger charge is -2.33. The van der Waals surface area contributed by atoms with Crippen LogP contribution in [0, 0.1) is 0 Å². The number of allylic oxidation sites excluding steroid dienone is 3. The van der Waals surface area contributed by atoms with Gasteiger partial charge in [-0.3, -0.25) is 0 Å². The Kier molecular flexibility index (Phi) is 5.68. The van der Waals surface area contributed by atoms with Gasteiger partial charge < -0.3 is 14.4 Å². The first-order chi connectivity index (χ1) is 15.3. The third kappa shape index (κ3) is 3.72. The maximum absolute atomic E-state index is 12.8. The SMILES string of the molecule is CCCCN1/C(=C/C=C2C(=O)OC(C)(c3ccccc3)OC2=O)C(C)(C)c2ccccc21. The zero-order chi connectivity index (χ0) is 22.9. The summed E-state index contributed by atoms with van der Waals surface area (Å²) in [5.41, 5.74) is 3.68. The van der Waals surface area contributed by atoms with Crippen LogP contribution in [-0.4, -0.2) is 18.5 Å². The van der Waals surface area contributed by atoms with E-state index in [2.05, 4.69) is 37.8 Å². The third-order valence-electron chi connectivity index (χ3n) is 6.26. The molecule has 0 saturated carbocycles. The maximum Gasteiger partial charge on any atom is 0.349 e. The molecule has 2 heterocycles. The van der Waals surface area contributed by atoms with E-state index in [1.165, 1.54) is 17.3 Å². The van der Waals surface area contributed by atoms with Gasteiger partial charge in [-0.15, -0.1) is 0 Å². The predicted molar refractivity (Wildman–Crippen MR) is 124 cm³/mol. The molecule has 5 heteroatoms. The summed E-state index contributed by atoms with van der Waals surface area (Å²) in [6.45, 7) is 8.93. The molecule has 0 aliphatic carbocycles. The average molecular weight is 432 g/mol. The largest absolute Gasteiger partial charge is 0.414 e. The first kappa shape index (κ1) is 21.9. The van der Waals surface area contributed by atoms with Gasteiger partial charge in [-0.2, -0.15) is 0 Å². The van der Waals surface area contributed by atoms with Crippen molar-refractivity contribution in [3.05, 3.63) is 89.1 Å². The molecule has 166 valence electrons. The fraction of sp³-hybridized carbons (Fsp3) is 0.333. The van der Waals surface area contributed by atoms with Crippen molar-refractivity contribution < 1.29 is 19.1 Å². The molecule has 0 unspecified atom stereocenters.